The fraction of sp³-hybridized carbons (Fsp3) is 0.591. The Kier molecular flexibility index (Phi) is 6.20. The molecule has 0 bridgehead atoms. The van der Waals surface area contributed by atoms with Gasteiger partial charge in [-0.2, -0.15) is 0 Å². The van der Waals surface area contributed by atoms with Crippen LogP contribution in [0.5, 0.6) is 0 Å². The summed E-state index contributed by atoms with van der Waals surface area (Å²) in [5, 5.41) is 15.0. The van der Waals surface area contributed by atoms with Gasteiger partial charge in [0.15, 0.2) is 0 Å². The highest BCUT2D eigenvalue weighted by Crippen LogP contribution is 2.31. The van der Waals surface area contributed by atoms with Crippen LogP contribution in [0.2, 0.25) is 0 Å². The van der Waals surface area contributed by atoms with Crippen molar-refractivity contribution in [2.24, 2.45) is 11.8 Å². The molecule has 2 saturated heterocycles. The Morgan fingerprint density at radius 2 is 1.84 bits per heavy atom. The summed E-state index contributed by atoms with van der Waals surface area (Å²) in [4.78, 5) is 53.3. The van der Waals surface area contributed by atoms with E-state index in [-0.39, 0.29) is 35.6 Å². The smallest absolute Gasteiger partial charge is 0.308 e. The number of rotatable bonds is 5. The molecule has 0 radical (unpaired) electrons. The summed E-state index contributed by atoms with van der Waals surface area (Å²) in [7, 11) is 0. The first-order chi connectivity index (χ1) is 14.9. The number of nitrogens with zero attached hydrogens (tertiary/aromatic N) is 2. The third-order valence-electron chi connectivity index (χ3n) is 6.70. The molecule has 1 unspecified atom stereocenters. The van der Waals surface area contributed by atoms with Crippen LogP contribution in [0.3, 0.4) is 0 Å². The minimum atomic E-state index is -0.823. The number of likely N-dealkylation sites (tertiary alicyclic amines) is 1. The fourth-order valence-electron chi connectivity index (χ4n) is 4.88. The molecule has 3 aliphatic rings. The Morgan fingerprint density at radius 1 is 1.06 bits per heavy atom. The van der Waals surface area contributed by atoms with Gasteiger partial charge in [-0.3, -0.25) is 29.5 Å². The number of amides is 3. The topological polar surface area (TPSA) is 129 Å². The van der Waals surface area contributed by atoms with E-state index in [4.69, 9.17) is 5.11 Å². The summed E-state index contributed by atoms with van der Waals surface area (Å²) in [6, 6.07) is 2.13. The Balaban J connectivity index is 1.29. The normalized spacial score (nSPS) is 28.8. The number of anilines is 1. The average Bonchev–Trinajstić information content (AvgIpc) is 3.25. The molecule has 31 heavy (non-hydrogen) atoms. The lowest BCUT2D eigenvalue weighted by atomic mass is 9.85. The van der Waals surface area contributed by atoms with Crippen molar-refractivity contribution in [1.82, 2.24) is 15.2 Å². The number of carbonyl (C=O) groups excluding carboxylic acids is 3. The Morgan fingerprint density at radius 3 is 2.52 bits per heavy atom. The standard InChI is InChI=1S/C22H28N4O5/c27-19-6-5-18(20(28)25-19)15-9-17(11-23-10-15)24-16-3-1-13(2-4-16)21(29)26-8-7-14(12-26)22(30)31/h9-11,13-14,16,18,24H,1-8,12H2,(H,30,31)(H,25,27,28)/t13-,14-,16-,18?/m1/s1. The Bertz CT molecular complexity index is 880. The van der Waals surface area contributed by atoms with Gasteiger partial charge in [0.1, 0.15) is 0 Å². The monoisotopic (exact) mass is 428 g/mol. The number of piperidine rings is 1. The van der Waals surface area contributed by atoms with Crippen LogP contribution in [0.1, 0.15) is 56.4 Å². The lowest BCUT2D eigenvalue weighted by Crippen LogP contribution is -2.39. The molecule has 1 aliphatic carbocycles. The van der Waals surface area contributed by atoms with Crippen LogP contribution in [0.25, 0.3) is 0 Å². The van der Waals surface area contributed by atoms with Crippen LogP contribution >= 0.6 is 0 Å². The second-order valence-corrected chi connectivity index (χ2v) is 8.81. The Hall–Kier alpha value is -2.97. The first-order valence-electron chi connectivity index (χ1n) is 11.0. The number of aliphatic carboxylic acids is 1. The van der Waals surface area contributed by atoms with Gasteiger partial charge in [0.05, 0.1) is 17.5 Å². The van der Waals surface area contributed by atoms with E-state index in [1.807, 2.05) is 6.07 Å². The molecule has 2 aliphatic heterocycles. The maximum absolute atomic E-state index is 12.7. The highest BCUT2D eigenvalue weighted by atomic mass is 16.4. The number of hydrogen-bond donors (Lipinski definition) is 3. The summed E-state index contributed by atoms with van der Waals surface area (Å²) >= 11 is 0. The number of carboxylic acids is 1. The molecule has 3 amide bonds. The number of hydrogen-bond acceptors (Lipinski definition) is 6. The van der Waals surface area contributed by atoms with E-state index in [1.54, 1.807) is 17.3 Å². The summed E-state index contributed by atoms with van der Waals surface area (Å²) in [5.41, 5.74) is 1.63. The zero-order valence-electron chi connectivity index (χ0n) is 17.4. The van der Waals surface area contributed by atoms with E-state index < -0.39 is 11.9 Å². The van der Waals surface area contributed by atoms with Crippen molar-refractivity contribution >= 4 is 29.4 Å². The molecule has 3 N–H and O–H groups in total. The van der Waals surface area contributed by atoms with Gasteiger partial charge in [0, 0.05) is 43.9 Å². The third-order valence-corrected chi connectivity index (χ3v) is 6.70. The minimum absolute atomic E-state index is 0.0430. The molecule has 9 nitrogen and oxygen atoms in total. The molecule has 0 spiro atoms. The molecule has 3 fully saturated rings. The van der Waals surface area contributed by atoms with Gasteiger partial charge in [-0.05, 0) is 50.2 Å². The molecule has 0 aromatic carbocycles. The van der Waals surface area contributed by atoms with Crippen molar-refractivity contribution in [1.29, 1.82) is 0 Å². The molecule has 1 saturated carbocycles. The lowest BCUT2D eigenvalue weighted by Gasteiger charge is -2.31. The van der Waals surface area contributed by atoms with E-state index in [0.717, 1.165) is 36.9 Å². The van der Waals surface area contributed by atoms with Crippen LogP contribution in [-0.4, -0.2) is 57.8 Å². The van der Waals surface area contributed by atoms with Gasteiger partial charge in [0.2, 0.25) is 17.7 Å². The van der Waals surface area contributed by atoms with Crippen LogP contribution in [-0.2, 0) is 19.2 Å². The summed E-state index contributed by atoms with van der Waals surface area (Å²) in [6.07, 6.45) is 7.97. The van der Waals surface area contributed by atoms with E-state index in [2.05, 4.69) is 15.6 Å². The van der Waals surface area contributed by atoms with Gasteiger partial charge in [-0.25, -0.2) is 0 Å². The summed E-state index contributed by atoms with van der Waals surface area (Å²) in [6.45, 7) is 0.859. The van der Waals surface area contributed by atoms with Crippen LogP contribution in [0.4, 0.5) is 5.69 Å². The highest BCUT2D eigenvalue weighted by Gasteiger charge is 2.35. The molecule has 4 rings (SSSR count). The van der Waals surface area contributed by atoms with Gasteiger partial charge in [-0.15, -0.1) is 0 Å². The van der Waals surface area contributed by atoms with Crippen LogP contribution < -0.4 is 10.6 Å². The van der Waals surface area contributed by atoms with Gasteiger partial charge < -0.3 is 15.3 Å². The largest absolute Gasteiger partial charge is 0.481 e. The number of aromatic nitrogens is 1. The molecule has 1 aromatic rings. The number of carbonyl (C=O) groups is 4. The molecule has 2 atom stereocenters. The van der Waals surface area contributed by atoms with Crippen LogP contribution in [0.15, 0.2) is 18.5 Å². The van der Waals surface area contributed by atoms with Gasteiger partial charge in [0.25, 0.3) is 0 Å². The maximum Gasteiger partial charge on any atom is 0.308 e. The zero-order valence-corrected chi connectivity index (χ0v) is 17.4. The Labute approximate surface area is 180 Å². The van der Waals surface area contributed by atoms with Crippen molar-refractivity contribution in [3.05, 3.63) is 24.0 Å². The maximum atomic E-state index is 12.7. The van der Waals surface area contributed by atoms with E-state index in [9.17, 15) is 19.2 Å². The van der Waals surface area contributed by atoms with Gasteiger partial charge in [-0.1, -0.05) is 0 Å². The van der Waals surface area contributed by atoms with E-state index in [1.165, 1.54) is 0 Å². The zero-order chi connectivity index (χ0) is 22.0. The van der Waals surface area contributed by atoms with Crippen LogP contribution in [0, 0.1) is 11.8 Å². The lowest BCUT2D eigenvalue weighted by molar-refractivity contribution is -0.142. The molecule has 3 heterocycles. The molecular weight excluding hydrogens is 400 g/mol. The SMILES string of the molecule is O=C1CCC(c2cncc(N[C@H]3CC[C@H](C(=O)N4CC[C@@H](C(=O)O)C4)CC3)c2)C(=O)N1. The molecular formula is C22H28N4O5. The predicted octanol–water partition coefficient (Wildman–Crippen LogP) is 1.51. The number of carboxylic acid groups (broad SMARTS) is 1. The third kappa shape index (κ3) is 4.86. The van der Waals surface area contributed by atoms with E-state index >= 15 is 0 Å². The average molecular weight is 428 g/mol. The van der Waals surface area contributed by atoms with Gasteiger partial charge >= 0.3 is 5.97 Å². The second-order valence-electron chi connectivity index (χ2n) is 8.81. The van der Waals surface area contributed by atoms with Crippen molar-refractivity contribution < 1.29 is 24.3 Å². The van der Waals surface area contributed by atoms with E-state index in [0.29, 0.717) is 32.4 Å². The molecule has 166 valence electrons. The quantitative estimate of drug-likeness (QED) is 0.606. The highest BCUT2D eigenvalue weighted by molar-refractivity contribution is 6.00. The number of pyridine rings is 1. The van der Waals surface area contributed by atoms with Crippen molar-refractivity contribution in [3.63, 3.8) is 0 Å². The second kappa shape index (κ2) is 9.03. The van der Waals surface area contributed by atoms with Crippen molar-refractivity contribution in [3.8, 4) is 0 Å². The molecule has 1 aromatic heterocycles. The summed E-state index contributed by atoms with van der Waals surface area (Å²) < 4.78 is 0. The van der Waals surface area contributed by atoms with Crippen molar-refractivity contribution in [2.75, 3.05) is 18.4 Å². The first kappa shape index (κ1) is 21.3. The first-order valence-corrected chi connectivity index (χ1v) is 11.0. The fourth-order valence-corrected chi connectivity index (χ4v) is 4.88. The summed E-state index contributed by atoms with van der Waals surface area (Å²) in [5.74, 6) is -2.09. The molecule has 9 heteroatoms. The minimum Gasteiger partial charge on any atom is -0.481 e. The predicted molar refractivity (Wildman–Crippen MR) is 111 cm³/mol. The number of imide groups is 1. The number of nitrogens with one attached hydrogen (secondary N) is 2. The van der Waals surface area contributed by atoms with Crippen molar-refractivity contribution in [2.45, 2.75) is 56.9 Å².